The molecule has 1 aromatic carbocycles. The van der Waals surface area contributed by atoms with Crippen LogP contribution >= 0.6 is 0 Å². The molecule has 2 N–H and O–H groups in total. The number of rotatable bonds is 5. The Bertz CT molecular complexity index is 430. The van der Waals surface area contributed by atoms with Gasteiger partial charge in [-0.3, -0.25) is 0 Å². The third-order valence-corrected chi connectivity index (χ3v) is 2.63. The lowest BCUT2D eigenvalue weighted by atomic mass is 10.0. The first-order valence-corrected chi connectivity index (χ1v) is 6.99. The van der Waals surface area contributed by atoms with Gasteiger partial charge >= 0.3 is 6.36 Å². The summed E-state index contributed by atoms with van der Waals surface area (Å²) in [6.45, 7) is 7.27. The molecule has 0 fully saturated rings. The summed E-state index contributed by atoms with van der Waals surface area (Å²) >= 11 is 0. The van der Waals surface area contributed by atoms with Gasteiger partial charge in [-0.1, -0.05) is 19.9 Å². The van der Waals surface area contributed by atoms with E-state index >= 15 is 0 Å². The maximum atomic E-state index is 13.5. The Morgan fingerprint density at radius 2 is 1.81 bits per heavy atom. The fourth-order valence-electron chi connectivity index (χ4n) is 1.78. The Kier molecular flexibility index (Phi) is 8.32. The van der Waals surface area contributed by atoms with Crippen LogP contribution < -0.4 is 10.5 Å². The monoisotopic (exact) mass is 309 g/mol. The lowest BCUT2D eigenvalue weighted by Crippen LogP contribution is -2.18. The van der Waals surface area contributed by atoms with Gasteiger partial charge in [0.1, 0.15) is 0 Å². The van der Waals surface area contributed by atoms with Gasteiger partial charge in [-0.05, 0) is 50.3 Å². The zero-order valence-corrected chi connectivity index (χ0v) is 12.9. The van der Waals surface area contributed by atoms with E-state index in [0.717, 1.165) is 18.9 Å². The van der Waals surface area contributed by atoms with Crippen LogP contribution in [-0.4, -0.2) is 12.4 Å². The minimum atomic E-state index is -4.89. The van der Waals surface area contributed by atoms with Crippen LogP contribution in [0, 0.1) is 12.7 Å². The molecule has 0 saturated heterocycles. The van der Waals surface area contributed by atoms with Gasteiger partial charge in [0.2, 0.25) is 0 Å². The molecule has 2 nitrogen and oxygen atoms in total. The van der Waals surface area contributed by atoms with E-state index in [1.807, 2.05) is 20.8 Å². The molecule has 1 rings (SSSR count). The van der Waals surface area contributed by atoms with Crippen LogP contribution in [-0.2, 0) is 6.42 Å². The SMILES string of the molecule is CC.Cc1cc(CCC[C@H](C)N)cc(OC(F)(F)F)c1F. The molecule has 0 spiro atoms. The van der Waals surface area contributed by atoms with Crippen molar-refractivity contribution in [3.8, 4) is 5.75 Å². The van der Waals surface area contributed by atoms with Gasteiger partial charge in [-0.2, -0.15) is 0 Å². The van der Waals surface area contributed by atoms with Crippen molar-refractivity contribution >= 4 is 0 Å². The predicted molar refractivity (Wildman–Crippen MR) is 75.8 cm³/mol. The summed E-state index contributed by atoms with van der Waals surface area (Å²) in [6, 6.07) is 2.66. The quantitative estimate of drug-likeness (QED) is 0.798. The standard InChI is InChI=1S/C13H17F4NO.C2H6/c1-8-6-10(5-3-4-9(2)18)7-11(12(8)14)19-13(15,16)17;1-2/h6-7,9H,3-5,18H2,1-2H3;1-2H3/t9-;/m0./s1. The van der Waals surface area contributed by atoms with Crippen molar-refractivity contribution in [2.75, 3.05) is 0 Å². The highest BCUT2D eigenvalue weighted by Gasteiger charge is 2.32. The van der Waals surface area contributed by atoms with Gasteiger partial charge in [-0.15, -0.1) is 13.2 Å². The van der Waals surface area contributed by atoms with Gasteiger partial charge in [0, 0.05) is 6.04 Å². The summed E-state index contributed by atoms with van der Waals surface area (Å²) < 4.78 is 53.6. The van der Waals surface area contributed by atoms with Gasteiger partial charge in [0.15, 0.2) is 11.6 Å². The van der Waals surface area contributed by atoms with E-state index < -0.39 is 17.9 Å². The fraction of sp³-hybridized carbons (Fsp3) is 0.600. The largest absolute Gasteiger partial charge is 0.573 e. The van der Waals surface area contributed by atoms with Crippen molar-refractivity contribution in [2.24, 2.45) is 5.73 Å². The van der Waals surface area contributed by atoms with Crippen molar-refractivity contribution in [1.29, 1.82) is 0 Å². The first kappa shape index (κ1) is 19.7. The molecule has 1 aromatic rings. The van der Waals surface area contributed by atoms with Gasteiger partial charge in [0.05, 0.1) is 0 Å². The highest BCUT2D eigenvalue weighted by Crippen LogP contribution is 2.29. The number of alkyl halides is 3. The zero-order chi connectivity index (χ0) is 16.6. The van der Waals surface area contributed by atoms with Crippen LogP contribution in [0.15, 0.2) is 12.1 Å². The van der Waals surface area contributed by atoms with Crippen LogP contribution in [0.5, 0.6) is 5.75 Å². The van der Waals surface area contributed by atoms with Gasteiger partial charge in [0.25, 0.3) is 0 Å². The number of hydrogen-bond acceptors (Lipinski definition) is 2. The van der Waals surface area contributed by atoms with Crippen molar-refractivity contribution < 1.29 is 22.3 Å². The fourth-order valence-corrected chi connectivity index (χ4v) is 1.78. The molecular formula is C15H23F4NO. The van der Waals surface area contributed by atoms with Crippen molar-refractivity contribution in [1.82, 2.24) is 0 Å². The Morgan fingerprint density at radius 3 is 2.29 bits per heavy atom. The molecule has 0 aliphatic carbocycles. The molecule has 0 bridgehead atoms. The Morgan fingerprint density at radius 1 is 1.24 bits per heavy atom. The van der Waals surface area contributed by atoms with E-state index in [2.05, 4.69) is 4.74 Å². The summed E-state index contributed by atoms with van der Waals surface area (Å²) in [5, 5.41) is 0. The summed E-state index contributed by atoms with van der Waals surface area (Å²) in [6.07, 6.45) is -2.87. The zero-order valence-electron chi connectivity index (χ0n) is 12.9. The number of hydrogen-bond donors (Lipinski definition) is 1. The smallest absolute Gasteiger partial charge is 0.403 e. The minimum Gasteiger partial charge on any atom is -0.403 e. The molecule has 0 aromatic heterocycles. The van der Waals surface area contributed by atoms with Crippen LogP contribution in [0.3, 0.4) is 0 Å². The Labute approximate surface area is 123 Å². The van der Waals surface area contributed by atoms with Crippen molar-refractivity contribution in [3.63, 3.8) is 0 Å². The van der Waals surface area contributed by atoms with E-state index in [4.69, 9.17) is 5.73 Å². The highest BCUT2D eigenvalue weighted by atomic mass is 19.4. The maximum absolute atomic E-state index is 13.5. The average Bonchev–Trinajstić information content (AvgIpc) is 2.35. The first-order valence-electron chi connectivity index (χ1n) is 6.99. The summed E-state index contributed by atoms with van der Waals surface area (Å²) in [5.74, 6) is -1.75. The second kappa shape index (κ2) is 8.87. The minimum absolute atomic E-state index is 0.0347. The van der Waals surface area contributed by atoms with Crippen LogP contribution in [0.4, 0.5) is 17.6 Å². The predicted octanol–water partition coefficient (Wildman–Crippen LogP) is 4.73. The molecule has 0 saturated carbocycles. The lowest BCUT2D eigenvalue weighted by molar-refractivity contribution is -0.275. The molecule has 0 radical (unpaired) electrons. The van der Waals surface area contributed by atoms with Crippen molar-refractivity contribution in [3.05, 3.63) is 29.1 Å². The van der Waals surface area contributed by atoms with Gasteiger partial charge in [-0.25, -0.2) is 4.39 Å². The Balaban J connectivity index is 0.00000191. The number of nitrogens with two attached hydrogens (primary N) is 1. The highest BCUT2D eigenvalue weighted by molar-refractivity contribution is 5.36. The average molecular weight is 309 g/mol. The van der Waals surface area contributed by atoms with Crippen molar-refractivity contribution in [2.45, 2.75) is 59.4 Å². The second-order valence-corrected chi connectivity index (χ2v) is 4.64. The van der Waals surface area contributed by atoms with Gasteiger partial charge < -0.3 is 10.5 Å². The molecule has 1 atom stereocenters. The van der Waals surface area contributed by atoms with Crippen LogP contribution in [0.2, 0.25) is 0 Å². The van der Waals surface area contributed by atoms with E-state index in [-0.39, 0.29) is 11.6 Å². The normalized spacial score (nSPS) is 12.4. The third-order valence-electron chi connectivity index (χ3n) is 2.63. The van der Waals surface area contributed by atoms with E-state index in [1.165, 1.54) is 13.0 Å². The summed E-state index contributed by atoms with van der Waals surface area (Å²) in [4.78, 5) is 0. The molecule has 0 unspecified atom stereocenters. The first-order chi connectivity index (χ1) is 9.69. The van der Waals surface area contributed by atoms with E-state index in [0.29, 0.717) is 12.0 Å². The lowest BCUT2D eigenvalue weighted by Gasteiger charge is -2.13. The molecular weight excluding hydrogens is 286 g/mol. The molecule has 0 aliphatic heterocycles. The number of benzene rings is 1. The number of aryl methyl sites for hydroxylation is 2. The van der Waals surface area contributed by atoms with E-state index in [1.54, 1.807) is 0 Å². The maximum Gasteiger partial charge on any atom is 0.573 e. The van der Waals surface area contributed by atoms with E-state index in [9.17, 15) is 17.6 Å². The number of halogens is 4. The molecule has 6 heteroatoms. The summed E-state index contributed by atoms with van der Waals surface area (Å²) in [5.41, 5.74) is 6.34. The number of ether oxygens (including phenoxy) is 1. The molecule has 21 heavy (non-hydrogen) atoms. The molecule has 0 heterocycles. The molecule has 0 aliphatic rings. The van der Waals surface area contributed by atoms with Crippen LogP contribution in [0.25, 0.3) is 0 Å². The third kappa shape index (κ3) is 7.90. The molecule has 0 amide bonds. The molecule has 122 valence electrons. The second-order valence-electron chi connectivity index (χ2n) is 4.64. The summed E-state index contributed by atoms with van der Waals surface area (Å²) in [7, 11) is 0. The Hall–Kier alpha value is -1.30. The topological polar surface area (TPSA) is 35.2 Å². The van der Waals surface area contributed by atoms with Crippen LogP contribution in [0.1, 0.15) is 44.7 Å².